The molecule has 90 heavy (non-hydrogen) atoms. The number of amides is 8. The number of aromatic hydroxyl groups is 1. The van der Waals surface area contributed by atoms with E-state index in [9.17, 15) is 77.2 Å². The van der Waals surface area contributed by atoms with Gasteiger partial charge in [-0.1, -0.05) is 49.4 Å². The molecule has 0 radical (unpaired) electrons. The van der Waals surface area contributed by atoms with Gasteiger partial charge in [0.1, 0.15) is 29.2 Å². The third-order valence-corrected chi connectivity index (χ3v) is 13.6. The fourth-order valence-corrected chi connectivity index (χ4v) is 9.00. The van der Waals surface area contributed by atoms with Crippen molar-refractivity contribution in [1.29, 1.82) is 0 Å². The van der Waals surface area contributed by atoms with Crippen LogP contribution in [0, 0.1) is 11.6 Å². The van der Waals surface area contributed by atoms with Gasteiger partial charge in [-0.05, 0) is 48.9 Å². The second-order valence-corrected chi connectivity index (χ2v) is 20.7. The lowest BCUT2D eigenvalue weighted by Gasteiger charge is -2.32. The Morgan fingerprint density at radius 1 is 0.589 bits per heavy atom. The highest BCUT2D eigenvalue weighted by atomic mass is 19.1. The van der Waals surface area contributed by atoms with Gasteiger partial charge >= 0.3 is 23.9 Å². The first-order valence-electron chi connectivity index (χ1n) is 29.2. The van der Waals surface area contributed by atoms with E-state index in [-0.39, 0.29) is 155 Å². The number of hydrogen-bond donors (Lipinski definition) is 13. The Balaban J connectivity index is 1.24. The van der Waals surface area contributed by atoms with Crippen molar-refractivity contribution in [3.63, 3.8) is 0 Å². The van der Waals surface area contributed by atoms with Crippen molar-refractivity contribution in [3.8, 4) is 11.5 Å². The van der Waals surface area contributed by atoms with Crippen molar-refractivity contribution in [2.24, 2.45) is 10.7 Å². The first-order chi connectivity index (χ1) is 43.1. The number of carbonyl (C=O) groups excluding carboxylic acids is 7. The number of rotatable bonds is 35. The monoisotopic (exact) mass is 1270 g/mol. The number of ether oxygens (including phenoxy) is 1. The molecule has 8 amide bonds. The minimum absolute atomic E-state index is 0.0342. The van der Waals surface area contributed by atoms with Gasteiger partial charge in [0, 0.05) is 122 Å². The van der Waals surface area contributed by atoms with Crippen LogP contribution in [0.4, 0.5) is 13.6 Å². The Bertz CT molecular complexity index is 2840. The molecule has 0 unspecified atom stereocenters. The quantitative estimate of drug-likeness (QED) is 0.0143. The number of halogens is 2. The number of hydroxylamine groups is 1. The average Bonchev–Trinajstić information content (AvgIpc) is 2.08. The Morgan fingerprint density at radius 2 is 1.13 bits per heavy atom. The minimum Gasteiger partial charge on any atom is -0.508 e. The van der Waals surface area contributed by atoms with Gasteiger partial charge < -0.3 is 68.1 Å². The zero-order chi connectivity index (χ0) is 65.8. The number of hydrogen-bond acceptors (Lipinski definition) is 17. The summed E-state index contributed by atoms with van der Waals surface area (Å²) in [7, 11) is 0. The number of aliphatic carboxylic acids is 3. The van der Waals surface area contributed by atoms with Gasteiger partial charge in [0.15, 0.2) is 12.6 Å². The Labute approximate surface area is 518 Å². The maximum atomic E-state index is 14.7. The summed E-state index contributed by atoms with van der Waals surface area (Å²) in [5.41, 5.74) is 8.55. The van der Waals surface area contributed by atoms with Crippen LogP contribution in [0.15, 0.2) is 71.7 Å². The number of nitrogens with two attached hydrogens (primary N) is 1. The van der Waals surface area contributed by atoms with E-state index in [1.807, 2.05) is 0 Å². The number of phenolic OH excluding ortho intramolecular Hbond substituents is 1. The van der Waals surface area contributed by atoms with Gasteiger partial charge in [0.25, 0.3) is 0 Å². The number of phenols is 1. The molecule has 1 aliphatic heterocycles. The number of unbranched alkanes of at least 4 members (excludes halogenated alkanes) is 1. The summed E-state index contributed by atoms with van der Waals surface area (Å²) in [5.74, 6) is -10.2. The molecule has 14 N–H and O–H groups in total. The Kier molecular flexibility index (Phi) is 33.0. The Hall–Kier alpha value is -9.11. The van der Waals surface area contributed by atoms with Crippen LogP contribution in [0.1, 0.15) is 68.1 Å². The highest BCUT2D eigenvalue weighted by molar-refractivity contribution is 5.93. The number of aliphatic imine (C=N–C) groups is 1. The molecule has 2 atom stereocenters. The zero-order valence-corrected chi connectivity index (χ0v) is 50.1. The molecule has 0 spiro atoms. The third-order valence-electron chi connectivity index (χ3n) is 13.6. The summed E-state index contributed by atoms with van der Waals surface area (Å²) in [6.07, 6.45) is 1.15. The second-order valence-electron chi connectivity index (χ2n) is 20.7. The molecule has 0 bridgehead atoms. The molecule has 0 aliphatic carbocycles. The fraction of sp³-hybridized carbons (Fsp3) is 0.500. The van der Waals surface area contributed by atoms with Gasteiger partial charge in [0.05, 0.1) is 38.7 Å². The van der Waals surface area contributed by atoms with Crippen LogP contribution in [0.5, 0.6) is 11.5 Å². The smallest absolute Gasteiger partial charge is 0.344 e. The minimum atomic E-state index is -1.27. The van der Waals surface area contributed by atoms with Crippen molar-refractivity contribution >= 4 is 65.3 Å². The summed E-state index contributed by atoms with van der Waals surface area (Å²) in [6.45, 7) is 1.91. The molecule has 1 heterocycles. The van der Waals surface area contributed by atoms with Crippen LogP contribution in [0.3, 0.4) is 0 Å². The SMILES string of the molecule is CCC(=O)NCCNC(=O)/N=C(/N)NCCC[C@@H](NC(=O)[C@@H](c1ccccc1)c1cccc(OCCCCNC(=O)CONC(=O)CCNC(=O)CN2CCN(CC(=O)O)CCN(CC(=O)O)CCN(CC(=O)O)CC2)c1)C(=O)NCc1c(F)cc(O)cc1F. The third kappa shape index (κ3) is 29.7. The van der Waals surface area contributed by atoms with Gasteiger partial charge in [-0.2, -0.15) is 4.99 Å². The molecule has 0 aromatic heterocycles. The maximum absolute atomic E-state index is 14.7. The first-order valence-corrected chi connectivity index (χ1v) is 29.2. The summed E-state index contributed by atoms with van der Waals surface area (Å²) in [4.78, 5) is 140. The average molecular weight is 1270 g/mol. The molecular weight excluding hydrogens is 1190 g/mol. The normalized spacial score (nSPS) is 14.5. The predicted molar refractivity (Wildman–Crippen MR) is 320 cm³/mol. The van der Waals surface area contributed by atoms with Crippen LogP contribution < -0.4 is 53.2 Å². The molecule has 3 aromatic rings. The molecule has 1 fully saturated rings. The number of guanidine groups is 1. The number of urea groups is 1. The largest absolute Gasteiger partial charge is 0.508 e. The second kappa shape index (κ2) is 40.4. The van der Waals surface area contributed by atoms with Gasteiger partial charge in [-0.15, -0.1) is 0 Å². The highest BCUT2D eigenvalue weighted by Gasteiger charge is 2.29. The van der Waals surface area contributed by atoms with Crippen molar-refractivity contribution in [3.05, 3.63) is 95.1 Å². The van der Waals surface area contributed by atoms with Crippen molar-refractivity contribution in [1.82, 2.24) is 62.3 Å². The molecular formula is C58H82F2N14O16. The number of benzene rings is 3. The number of nitrogens with zero attached hydrogens (tertiary/aromatic N) is 5. The lowest BCUT2D eigenvalue weighted by Crippen LogP contribution is -2.50. The first kappa shape index (κ1) is 73.4. The van der Waals surface area contributed by atoms with E-state index in [0.717, 1.165) is 0 Å². The molecule has 494 valence electrons. The standard InChI is InChI=1S/C58H82F2N14O16/c1-2-47(76)64-19-20-66-58(88)69-57(61)65-17-9-14-46(55(86)67-33-43-44(59)31-41(75)32-45(43)60)68-56(87)54(39-10-4-3-5-11-39)40-12-8-13-42(30-40)89-29-7-6-16-62-50(79)38-90-70-48(77)15-18-63-49(78)34-71-21-23-72(35-51(80)81)25-27-74(37-53(84)85)28-26-73(24-22-71)36-52(82)83/h3-5,8,10-13,30-32,46,54,75H,2,6-7,9,14-29,33-38H2,1H3,(H,62,79)(H,63,78)(H,64,76)(H,67,86)(H,68,87)(H,70,77)(H,80,81)(H,82,83)(H,84,85)(H4,61,65,66,69,88)/t46-,54+/m1/s1. The lowest BCUT2D eigenvalue weighted by atomic mass is 9.90. The lowest BCUT2D eigenvalue weighted by molar-refractivity contribution is -0.140. The van der Waals surface area contributed by atoms with Crippen LogP contribution in [-0.2, 0) is 54.5 Å². The Morgan fingerprint density at radius 3 is 1.72 bits per heavy atom. The van der Waals surface area contributed by atoms with E-state index in [4.69, 9.17) is 15.3 Å². The number of carboxylic acid groups (broad SMARTS) is 3. The maximum Gasteiger partial charge on any atom is 0.344 e. The molecule has 30 nitrogen and oxygen atoms in total. The summed E-state index contributed by atoms with van der Waals surface area (Å²) in [5, 5.41) is 56.3. The number of nitrogens with one attached hydrogen (secondary N) is 8. The van der Waals surface area contributed by atoms with E-state index in [2.05, 4.69) is 47.7 Å². The van der Waals surface area contributed by atoms with E-state index >= 15 is 0 Å². The summed E-state index contributed by atoms with van der Waals surface area (Å²) in [6, 6.07) is 14.7. The van der Waals surface area contributed by atoms with Gasteiger partial charge in [0.2, 0.25) is 35.4 Å². The predicted octanol–water partition coefficient (Wildman–Crippen LogP) is -1.17. The topological polar surface area (TPSA) is 418 Å². The molecule has 32 heteroatoms. The van der Waals surface area contributed by atoms with E-state index in [1.54, 1.807) is 81.1 Å². The van der Waals surface area contributed by atoms with Crippen molar-refractivity contribution < 1.29 is 86.7 Å². The zero-order valence-electron chi connectivity index (χ0n) is 50.1. The summed E-state index contributed by atoms with van der Waals surface area (Å²) >= 11 is 0. The fourth-order valence-electron chi connectivity index (χ4n) is 9.00. The van der Waals surface area contributed by atoms with Crippen LogP contribution in [0.25, 0.3) is 0 Å². The van der Waals surface area contributed by atoms with E-state index < -0.39 is 102 Å². The van der Waals surface area contributed by atoms with Crippen LogP contribution >= 0.6 is 0 Å². The highest BCUT2D eigenvalue weighted by Crippen LogP contribution is 2.29. The van der Waals surface area contributed by atoms with E-state index in [0.29, 0.717) is 41.9 Å². The van der Waals surface area contributed by atoms with Crippen molar-refractivity contribution in [2.75, 3.05) is 124 Å². The van der Waals surface area contributed by atoms with Crippen LogP contribution in [-0.4, -0.2) is 236 Å². The molecule has 0 saturated carbocycles. The number of carboxylic acids is 3. The van der Waals surface area contributed by atoms with Crippen LogP contribution in [0.2, 0.25) is 0 Å². The molecule has 3 aromatic carbocycles. The number of carbonyl (C=O) groups is 10. The molecule has 4 rings (SSSR count). The van der Waals surface area contributed by atoms with Crippen molar-refractivity contribution in [2.45, 2.75) is 64.0 Å². The van der Waals surface area contributed by atoms with Gasteiger partial charge in [-0.3, -0.25) is 67.6 Å². The summed E-state index contributed by atoms with van der Waals surface area (Å²) < 4.78 is 35.3. The van der Waals surface area contributed by atoms with Gasteiger partial charge in [-0.25, -0.2) is 19.1 Å². The van der Waals surface area contributed by atoms with E-state index in [1.165, 1.54) is 0 Å². The molecule has 1 saturated heterocycles. The molecule has 1 aliphatic rings.